The molecule has 16 heavy (non-hydrogen) atoms. The molecule has 0 atom stereocenters. The molecular formula is C11H10ClF3O. The monoisotopic (exact) mass is 250 g/mol. The van der Waals surface area contributed by atoms with Crippen LogP contribution in [0, 0.1) is 0 Å². The van der Waals surface area contributed by atoms with Gasteiger partial charge in [-0.15, -0.1) is 11.6 Å². The fourth-order valence-corrected chi connectivity index (χ4v) is 1.29. The van der Waals surface area contributed by atoms with Crippen LogP contribution in [0.5, 0.6) is 5.75 Å². The highest BCUT2D eigenvalue weighted by Crippen LogP contribution is 2.33. The van der Waals surface area contributed by atoms with Gasteiger partial charge in [0.1, 0.15) is 5.75 Å². The van der Waals surface area contributed by atoms with Gasteiger partial charge in [0.05, 0.1) is 12.7 Å². The van der Waals surface area contributed by atoms with Crippen LogP contribution in [0.2, 0.25) is 0 Å². The van der Waals surface area contributed by atoms with Crippen LogP contribution in [0.3, 0.4) is 0 Å². The van der Waals surface area contributed by atoms with Crippen molar-refractivity contribution < 1.29 is 17.9 Å². The van der Waals surface area contributed by atoms with Crippen molar-refractivity contribution in [3.63, 3.8) is 0 Å². The molecule has 1 rings (SSSR count). The minimum Gasteiger partial charge on any atom is -0.496 e. The molecule has 1 aromatic carbocycles. The van der Waals surface area contributed by atoms with Gasteiger partial charge >= 0.3 is 6.18 Å². The smallest absolute Gasteiger partial charge is 0.416 e. The molecule has 1 nitrogen and oxygen atoms in total. The summed E-state index contributed by atoms with van der Waals surface area (Å²) in [4.78, 5) is 0. The fourth-order valence-electron chi connectivity index (χ4n) is 1.20. The molecule has 0 fully saturated rings. The average Bonchev–Trinajstić information content (AvgIpc) is 2.24. The Labute approximate surface area is 96.5 Å². The molecule has 1 aromatic rings. The van der Waals surface area contributed by atoms with Gasteiger partial charge in [0.2, 0.25) is 0 Å². The third-order valence-corrected chi connectivity index (χ3v) is 2.13. The molecule has 0 heterocycles. The van der Waals surface area contributed by atoms with Crippen LogP contribution in [0.1, 0.15) is 11.1 Å². The van der Waals surface area contributed by atoms with Gasteiger partial charge in [-0.05, 0) is 12.1 Å². The van der Waals surface area contributed by atoms with Gasteiger partial charge in [-0.2, -0.15) is 13.2 Å². The molecule has 0 spiro atoms. The van der Waals surface area contributed by atoms with Crippen LogP contribution in [0.4, 0.5) is 13.2 Å². The second-order valence-corrected chi connectivity index (χ2v) is 3.32. The lowest BCUT2D eigenvalue weighted by Crippen LogP contribution is -2.05. The SMILES string of the molecule is COc1cc(C(F)(F)F)ccc1C=CCCl. The molecule has 5 heteroatoms. The number of halogens is 4. The number of hydrogen-bond donors (Lipinski definition) is 0. The zero-order valence-corrected chi connectivity index (χ0v) is 9.27. The predicted molar refractivity (Wildman–Crippen MR) is 57.8 cm³/mol. The summed E-state index contributed by atoms with van der Waals surface area (Å²) in [7, 11) is 1.33. The Morgan fingerprint density at radius 2 is 2.06 bits per heavy atom. The van der Waals surface area contributed by atoms with Crippen molar-refractivity contribution in [1.82, 2.24) is 0 Å². The molecule has 0 aliphatic heterocycles. The lowest BCUT2D eigenvalue weighted by molar-refractivity contribution is -0.137. The molecule has 0 saturated heterocycles. The Balaban J connectivity index is 3.12. The average molecular weight is 251 g/mol. The molecule has 0 aromatic heterocycles. The summed E-state index contributed by atoms with van der Waals surface area (Å²) in [6.07, 6.45) is -1.11. The quantitative estimate of drug-likeness (QED) is 0.738. The van der Waals surface area contributed by atoms with Gasteiger partial charge in [0.15, 0.2) is 0 Å². The molecule has 0 saturated carbocycles. The first kappa shape index (κ1) is 12.9. The summed E-state index contributed by atoms with van der Waals surface area (Å²) in [5, 5.41) is 0. The van der Waals surface area contributed by atoms with Crippen LogP contribution in [-0.4, -0.2) is 13.0 Å². The lowest BCUT2D eigenvalue weighted by Gasteiger charge is -2.10. The van der Waals surface area contributed by atoms with Gasteiger partial charge in [-0.25, -0.2) is 0 Å². The second-order valence-electron chi connectivity index (χ2n) is 3.01. The third-order valence-electron chi connectivity index (χ3n) is 1.95. The maximum atomic E-state index is 12.4. The Hall–Kier alpha value is -1.16. The number of ether oxygens (including phenoxy) is 1. The van der Waals surface area contributed by atoms with E-state index in [1.165, 1.54) is 13.2 Å². The van der Waals surface area contributed by atoms with Gasteiger partial charge < -0.3 is 4.74 Å². The minimum absolute atomic E-state index is 0.177. The van der Waals surface area contributed by atoms with Gasteiger partial charge in [0, 0.05) is 11.4 Å². The predicted octanol–water partition coefficient (Wildman–Crippen LogP) is 3.97. The number of benzene rings is 1. The van der Waals surface area contributed by atoms with Gasteiger partial charge in [-0.3, -0.25) is 0 Å². The van der Waals surface area contributed by atoms with E-state index in [0.717, 1.165) is 12.1 Å². The molecule has 0 radical (unpaired) electrons. The Morgan fingerprint density at radius 3 is 2.56 bits per heavy atom. The van der Waals surface area contributed by atoms with E-state index in [1.807, 2.05) is 0 Å². The summed E-state index contributed by atoms with van der Waals surface area (Å²) in [6.45, 7) is 0. The summed E-state index contributed by atoms with van der Waals surface area (Å²) in [6, 6.07) is 3.33. The van der Waals surface area contributed by atoms with Gasteiger partial charge in [-0.1, -0.05) is 18.2 Å². The van der Waals surface area contributed by atoms with Crippen molar-refractivity contribution in [2.24, 2.45) is 0 Å². The van der Waals surface area contributed by atoms with Crippen LogP contribution in [0.15, 0.2) is 24.3 Å². The van der Waals surface area contributed by atoms with Crippen LogP contribution >= 0.6 is 11.6 Å². The van der Waals surface area contributed by atoms with Crippen LogP contribution in [-0.2, 0) is 6.18 Å². The van der Waals surface area contributed by atoms with Crippen molar-refractivity contribution in [3.05, 3.63) is 35.4 Å². The Bertz CT molecular complexity index is 385. The van der Waals surface area contributed by atoms with E-state index in [-0.39, 0.29) is 5.75 Å². The fraction of sp³-hybridized carbons (Fsp3) is 0.273. The van der Waals surface area contributed by atoms with E-state index in [1.54, 1.807) is 12.2 Å². The first-order chi connectivity index (χ1) is 7.49. The number of rotatable bonds is 3. The van der Waals surface area contributed by atoms with E-state index >= 15 is 0 Å². The maximum Gasteiger partial charge on any atom is 0.416 e. The number of methoxy groups -OCH3 is 1. The summed E-state index contributed by atoms with van der Waals surface area (Å²) < 4.78 is 42.1. The molecule has 0 amide bonds. The van der Waals surface area contributed by atoms with Crippen molar-refractivity contribution in [3.8, 4) is 5.75 Å². The van der Waals surface area contributed by atoms with Crippen molar-refractivity contribution in [2.75, 3.05) is 13.0 Å². The number of alkyl halides is 4. The summed E-state index contributed by atoms with van der Waals surface area (Å²) in [5.41, 5.74) is -0.163. The normalized spacial score (nSPS) is 12.1. The van der Waals surface area contributed by atoms with Crippen molar-refractivity contribution in [2.45, 2.75) is 6.18 Å². The van der Waals surface area contributed by atoms with Crippen molar-refractivity contribution >= 4 is 17.7 Å². The first-order valence-electron chi connectivity index (χ1n) is 4.46. The standard InChI is InChI=1S/C11H10ClF3O/c1-16-10-7-9(11(13,14)15)5-4-8(10)3-2-6-12/h2-5,7H,6H2,1H3. The zero-order valence-electron chi connectivity index (χ0n) is 8.51. The van der Waals surface area contributed by atoms with E-state index in [2.05, 4.69) is 0 Å². The molecule has 0 aliphatic rings. The van der Waals surface area contributed by atoms with E-state index < -0.39 is 11.7 Å². The highest BCUT2D eigenvalue weighted by atomic mass is 35.5. The van der Waals surface area contributed by atoms with Crippen LogP contribution in [0.25, 0.3) is 6.08 Å². The maximum absolute atomic E-state index is 12.4. The van der Waals surface area contributed by atoms with Gasteiger partial charge in [0.25, 0.3) is 0 Å². The topological polar surface area (TPSA) is 9.23 Å². The molecular weight excluding hydrogens is 241 g/mol. The van der Waals surface area contributed by atoms with E-state index in [9.17, 15) is 13.2 Å². The highest BCUT2D eigenvalue weighted by molar-refractivity contribution is 6.19. The number of allylic oxidation sites excluding steroid dienone is 1. The molecule has 0 bridgehead atoms. The third kappa shape index (κ3) is 3.17. The molecule has 0 unspecified atom stereocenters. The minimum atomic E-state index is -4.36. The zero-order chi connectivity index (χ0) is 12.2. The van der Waals surface area contributed by atoms with Crippen LogP contribution < -0.4 is 4.74 Å². The summed E-state index contributed by atoms with van der Waals surface area (Å²) in [5.74, 6) is 0.473. The Morgan fingerprint density at radius 1 is 1.38 bits per heavy atom. The van der Waals surface area contributed by atoms with Crippen molar-refractivity contribution in [1.29, 1.82) is 0 Å². The Kier molecular flexibility index (Phi) is 4.24. The summed E-state index contributed by atoms with van der Waals surface area (Å²) >= 11 is 5.44. The molecule has 0 aliphatic carbocycles. The highest BCUT2D eigenvalue weighted by Gasteiger charge is 2.31. The first-order valence-corrected chi connectivity index (χ1v) is 5.00. The number of hydrogen-bond acceptors (Lipinski definition) is 1. The largest absolute Gasteiger partial charge is 0.496 e. The lowest BCUT2D eigenvalue weighted by atomic mass is 10.1. The van der Waals surface area contributed by atoms with E-state index in [0.29, 0.717) is 11.4 Å². The second kappa shape index (κ2) is 5.25. The molecule has 0 N–H and O–H groups in total. The van der Waals surface area contributed by atoms with E-state index in [4.69, 9.17) is 16.3 Å². The molecule has 88 valence electrons.